The Morgan fingerprint density at radius 2 is 0.563 bits per heavy atom. The summed E-state index contributed by atoms with van der Waals surface area (Å²) in [5.74, 6) is -0.983. The Labute approximate surface area is 417 Å². The van der Waals surface area contributed by atoms with E-state index in [1.165, 1.54) is 0 Å². The molecule has 71 heavy (non-hydrogen) atoms. The maximum Gasteiger partial charge on any atom is 0.228 e. The molecule has 0 bridgehead atoms. The van der Waals surface area contributed by atoms with Crippen molar-refractivity contribution < 1.29 is 42.3 Å². The fourth-order valence-electron chi connectivity index (χ4n) is 7.94. The normalized spacial score (nSPS) is 12.0. The molecule has 0 aliphatic carbocycles. The zero-order valence-corrected chi connectivity index (χ0v) is 42.7. The SMILES string of the molecule is NC(COCCCNC(=O)CP(=O)(c1ccccc1)c1ccccc1)(COCCCNC(=O)CP(=O)(c1ccccc1)c1ccccc1)COCCCNC(=O)CP(=O)(c1ccccc1)c1ccccc1. The lowest BCUT2D eigenvalue weighted by Crippen LogP contribution is -2.53. The molecule has 0 spiro atoms. The van der Waals surface area contributed by atoms with Crippen LogP contribution in [0.3, 0.4) is 0 Å². The van der Waals surface area contributed by atoms with Gasteiger partial charge in [0.25, 0.3) is 0 Å². The number of rotatable bonds is 30. The highest BCUT2D eigenvalue weighted by atomic mass is 31.2. The molecule has 0 aliphatic heterocycles. The van der Waals surface area contributed by atoms with E-state index in [0.717, 1.165) is 0 Å². The number of carbonyl (C=O) groups is 3. The summed E-state index contributed by atoms with van der Waals surface area (Å²) in [5.41, 5.74) is 5.77. The number of amides is 3. The minimum Gasteiger partial charge on any atom is -0.379 e. The van der Waals surface area contributed by atoms with Crippen molar-refractivity contribution in [2.75, 3.05) is 77.8 Å². The third-order valence-electron chi connectivity index (χ3n) is 11.7. The standard InChI is InChI=1S/C55H65N4O9P3/c56-55(43-66-37-19-34-57-52(60)40-69(63,46-22-7-1-8-23-46)47-24-9-2-10-25-47,44-67-38-20-35-58-53(61)41-70(64,48-26-11-3-12-27-48)49-28-13-4-14-29-49)45-68-39-21-36-59-54(62)42-71(65,50-30-15-5-16-31-50)51-32-17-6-18-33-51/h1-18,22-33H,19-21,34-45,56H2,(H,57,60)(H,58,61)(H,59,62). The van der Waals surface area contributed by atoms with Crippen LogP contribution in [0.25, 0.3) is 0 Å². The van der Waals surface area contributed by atoms with E-state index in [9.17, 15) is 28.1 Å². The molecule has 13 nitrogen and oxygen atoms in total. The molecule has 5 N–H and O–H groups in total. The van der Waals surface area contributed by atoms with Gasteiger partial charge in [0.05, 0.1) is 43.8 Å². The van der Waals surface area contributed by atoms with Crippen molar-refractivity contribution in [3.8, 4) is 0 Å². The summed E-state index contributed by atoms with van der Waals surface area (Å²) >= 11 is 0. The van der Waals surface area contributed by atoms with Crippen LogP contribution in [0.2, 0.25) is 0 Å². The zero-order valence-electron chi connectivity index (χ0n) is 40.0. The minimum atomic E-state index is -3.23. The molecule has 0 unspecified atom stereocenters. The van der Waals surface area contributed by atoms with Gasteiger partial charge < -0.3 is 49.6 Å². The lowest BCUT2D eigenvalue weighted by Gasteiger charge is -2.29. The van der Waals surface area contributed by atoms with Gasteiger partial charge in [-0.1, -0.05) is 182 Å². The number of hydrogen-bond acceptors (Lipinski definition) is 10. The molecule has 0 saturated heterocycles. The lowest BCUT2D eigenvalue weighted by molar-refractivity contribution is -0.119. The average molecular weight is 1020 g/mol. The molecule has 374 valence electrons. The lowest BCUT2D eigenvalue weighted by atomic mass is 10.1. The first kappa shape index (κ1) is 54.6. The Morgan fingerprint density at radius 3 is 0.761 bits per heavy atom. The highest BCUT2D eigenvalue weighted by Gasteiger charge is 2.33. The largest absolute Gasteiger partial charge is 0.379 e. The number of benzene rings is 6. The van der Waals surface area contributed by atoms with Gasteiger partial charge in [-0.3, -0.25) is 14.4 Å². The summed E-state index contributed by atoms with van der Waals surface area (Å²) in [6.07, 6.45) is 0.896. The van der Waals surface area contributed by atoms with Crippen LogP contribution < -0.4 is 53.5 Å². The van der Waals surface area contributed by atoms with Gasteiger partial charge in [-0.25, -0.2) is 0 Å². The van der Waals surface area contributed by atoms with Gasteiger partial charge in [0, 0.05) is 71.3 Å². The molecule has 0 radical (unpaired) electrons. The van der Waals surface area contributed by atoms with Crippen LogP contribution in [0.1, 0.15) is 19.3 Å². The van der Waals surface area contributed by atoms with Crippen LogP contribution >= 0.6 is 21.4 Å². The molecular formula is C55H65N4O9P3. The van der Waals surface area contributed by atoms with Crippen LogP contribution in [0, 0.1) is 0 Å². The summed E-state index contributed by atoms with van der Waals surface area (Å²) in [6.45, 7) is 1.86. The van der Waals surface area contributed by atoms with Gasteiger partial charge >= 0.3 is 0 Å². The molecule has 0 heterocycles. The van der Waals surface area contributed by atoms with E-state index in [0.29, 0.717) is 70.7 Å². The van der Waals surface area contributed by atoms with Crippen molar-refractivity contribution in [1.29, 1.82) is 0 Å². The summed E-state index contributed by atoms with van der Waals surface area (Å²) in [6, 6.07) is 54.3. The molecule has 6 aromatic carbocycles. The topological polar surface area (TPSA) is 192 Å². The second-order valence-electron chi connectivity index (χ2n) is 17.3. The predicted octanol–water partition coefficient (Wildman–Crippen LogP) is 5.29. The second kappa shape index (κ2) is 27.8. The van der Waals surface area contributed by atoms with Crippen molar-refractivity contribution in [3.63, 3.8) is 0 Å². The summed E-state index contributed by atoms with van der Waals surface area (Å²) in [7, 11) is -9.68. The molecule has 6 aromatic rings. The van der Waals surface area contributed by atoms with Gasteiger partial charge in [0.2, 0.25) is 17.7 Å². The van der Waals surface area contributed by atoms with Gasteiger partial charge in [0.15, 0.2) is 21.4 Å². The van der Waals surface area contributed by atoms with Crippen molar-refractivity contribution in [3.05, 3.63) is 182 Å². The van der Waals surface area contributed by atoms with Crippen LogP contribution in [0.4, 0.5) is 0 Å². The number of ether oxygens (including phenoxy) is 3. The van der Waals surface area contributed by atoms with Crippen molar-refractivity contribution >= 4 is 71.0 Å². The third-order valence-corrected chi connectivity index (χ3v) is 20.7. The fraction of sp³-hybridized carbons (Fsp3) is 0.291. The van der Waals surface area contributed by atoms with Crippen LogP contribution in [0.15, 0.2) is 182 Å². The molecular weight excluding hydrogens is 954 g/mol. The Bertz CT molecular complexity index is 2280. The summed E-state index contributed by atoms with van der Waals surface area (Å²) < 4.78 is 61.1. The van der Waals surface area contributed by atoms with E-state index in [2.05, 4.69) is 16.0 Å². The van der Waals surface area contributed by atoms with Crippen LogP contribution in [-0.2, 0) is 42.3 Å². The molecule has 0 aromatic heterocycles. The maximum absolute atomic E-state index is 14.3. The van der Waals surface area contributed by atoms with Gasteiger partial charge in [-0.15, -0.1) is 0 Å². The number of nitrogens with one attached hydrogen (secondary N) is 3. The minimum absolute atomic E-state index is 0.0636. The van der Waals surface area contributed by atoms with E-state index in [-0.39, 0.29) is 75.8 Å². The maximum atomic E-state index is 14.3. The van der Waals surface area contributed by atoms with E-state index < -0.39 is 27.0 Å². The Kier molecular flexibility index (Phi) is 21.3. The molecule has 0 aliphatic rings. The van der Waals surface area contributed by atoms with Gasteiger partial charge in [-0.2, -0.15) is 0 Å². The highest BCUT2D eigenvalue weighted by Crippen LogP contribution is 2.44. The number of carbonyl (C=O) groups excluding carboxylic acids is 3. The smallest absolute Gasteiger partial charge is 0.228 e. The first-order valence-electron chi connectivity index (χ1n) is 23.9. The van der Waals surface area contributed by atoms with Crippen molar-refractivity contribution in [1.82, 2.24) is 16.0 Å². The van der Waals surface area contributed by atoms with Crippen molar-refractivity contribution in [2.45, 2.75) is 24.8 Å². The summed E-state index contributed by atoms with van der Waals surface area (Å²) in [4.78, 5) is 39.5. The molecule has 0 atom stereocenters. The summed E-state index contributed by atoms with van der Waals surface area (Å²) in [5, 5.41) is 12.4. The highest BCUT2D eigenvalue weighted by molar-refractivity contribution is 7.80. The second-order valence-corrected chi connectivity index (χ2v) is 25.8. The van der Waals surface area contributed by atoms with E-state index in [1.54, 1.807) is 72.8 Å². The van der Waals surface area contributed by atoms with E-state index in [1.807, 2.05) is 109 Å². The Balaban J connectivity index is 0.967. The fourth-order valence-corrected chi connectivity index (χ4v) is 15.4. The monoisotopic (exact) mass is 1020 g/mol. The van der Waals surface area contributed by atoms with Crippen LogP contribution in [0.5, 0.6) is 0 Å². The quantitative estimate of drug-likeness (QED) is 0.0341. The van der Waals surface area contributed by atoms with Crippen molar-refractivity contribution in [2.24, 2.45) is 5.73 Å². The zero-order chi connectivity index (χ0) is 50.3. The first-order chi connectivity index (χ1) is 34.4. The number of nitrogens with two attached hydrogens (primary N) is 1. The number of hydrogen-bond donors (Lipinski definition) is 4. The predicted molar refractivity (Wildman–Crippen MR) is 286 cm³/mol. The molecule has 3 amide bonds. The van der Waals surface area contributed by atoms with Gasteiger partial charge in [0.1, 0.15) is 0 Å². The Hall–Kier alpha value is -5.74. The van der Waals surface area contributed by atoms with Gasteiger partial charge in [-0.05, 0) is 19.3 Å². The molecule has 0 saturated carbocycles. The van der Waals surface area contributed by atoms with E-state index in [4.69, 9.17) is 19.9 Å². The third kappa shape index (κ3) is 16.4. The first-order valence-corrected chi connectivity index (χ1v) is 29.5. The Morgan fingerprint density at radius 1 is 0.366 bits per heavy atom. The van der Waals surface area contributed by atoms with Crippen LogP contribution in [-0.4, -0.2) is 101 Å². The average Bonchev–Trinajstić information content (AvgIpc) is 3.40. The molecule has 0 fully saturated rings. The van der Waals surface area contributed by atoms with E-state index >= 15 is 0 Å². The molecule has 16 heteroatoms. The molecule has 6 rings (SSSR count).